The fourth-order valence-corrected chi connectivity index (χ4v) is 3.39. The van der Waals surface area contributed by atoms with Crippen LogP contribution in [-0.4, -0.2) is 25.2 Å². The van der Waals surface area contributed by atoms with E-state index in [2.05, 4.69) is 10.5 Å². The van der Waals surface area contributed by atoms with Crippen molar-refractivity contribution in [1.29, 1.82) is 0 Å². The second kappa shape index (κ2) is 9.78. The van der Waals surface area contributed by atoms with Crippen molar-refractivity contribution in [3.05, 3.63) is 107 Å². The molecule has 4 aromatic rings. The molecule has 0 radical (unpaired) electrons. The first-order valence-corrected chi connectivity index (χ1v) is 10.3. The summed E-state index contributed by atoms with van der Waals surface area (Å²) in [6.07, 6.45) is 1.48. The molecule has 6 heteroatoms. The number of nitrogens with zero attached hydrogens (tertiary/aromatic N) is 1. The van der Waals surface area contributed by atoms with E-state index < -0.39 is 11.9 Å². The predicted octanol–water partition coefficient (Wildman–Crippen LogP) is 5.14. The van der Waals surface area contributed by atoms with Gasteiger partial charge in [0.15, 0.2) is 0 Å². The maximum absolute atomic E-state index is 12.7. The molecule has 0 aliphatic heterocycles. The van der Waals surface area contributed by atoms with Crippen molar-refractivity contribution in [3.8, 4) is 11.5 Å². The Morgan fingerprint density at radius 2 is 1.58 bits per heavy atom. The molecule has 0 saturated heterocycles. The second-order valence-electron chi connectivity index (χ2n) is 7.35. The molecule has 0 aliphatic carbocycles. The van der Waals surface area contributed by atoms with Crippen molar-refractivity contribution in [2.45, 2.75) is 6.92 Å². The van der Waals surface area contributed by atoms with E-state index in [0.29, 0.717) is 28.2 Å². The summed E-state index contributed by atoms with van der Waals surface area (Å²) in [6, 6.07) is 25.3. The number of aryl methyl sites for hydroxylation is 1. The molecule has 0 unspecified atom stereocenters. The van der Waals surface area contributed by atoms with Gasteiger partial charge in [0.25, 0.3) is 5.91 Å². The number of fused-ring (bicyclic) bond motifs is 1. The number of esters is 1. The van der Waals surface area contributed by atoms with Gasteiger partial charge in [-0.1, -0.05) is 60.2 Å². The molecule has 0 atom stereocenters. The van der Waals surface area contributed by atoms with Gasteiger partial charge in [0.1, 0.15) is 11.5 Å². The molecule has 164 valence electrons. The van der Waals surface area contributed by atoms with E-state index >= 15 is 0 Å². The Balaban J connectivity index is 1.63. The topological polar surface area (TPSA) is 77.0 Å². The van der Waals surface area contributed by atoms with Crippen molar-refractivity contribution < 1.29 is 19.1 Å². The van der Waals surface area contributed by atoms with Gasteiger partial charge in [0.2, 0.25) is 0 Å². The van der Waals surface area contributed by atoms with E-state index in [-0.39, 0.29) is 0 Å². The van der Waals surface area contributed by atoms with Gasteiger partial charge in [-0.15, -0.1) is 0 Å². The molecular formula is C27H22N2O4. The lowest BCUT2D eigenvalue weighted by molar-refractivity contribution is 0.0734. The maximum atomic E-state index is 12.7. The van der Waals surface area contributed by atoms with Gasteiger partial charge < -0.3 is 9.47 Å². The quantitative estimate of drug-likeness (QED) is 0.196. The number of carbonyl (C=O) groups excluding carboxylic acids is 2. The lowest BCUT2D eigenvalue weighted by atomic mass is 10.0. The third-order valence-corrected chi connectivity index (χ3v) is 5.13. The number of benzene rings is 4. The number of nitrogens with one attached hydrogen (secondary N) is 1. The molecule has 1 N–H and O–H groups in total. The highest BCUT2D eigenvalue weighted by molar-refractivity contribution is 6.04. The minimum absolute atomic E-state index is 0.342. The Bertz CT molecular complexity index is 1340. The predicted molar refractivity (Wildman–Crippen MR) is 128 cm³/mol. The molecule has 4 aromatic carbocycles. The van der Waals surface area contributed by atoms with Crippen molar-refractivity contribution in [2.24, 2.45) is 5.10 Å². The van der Waals surface area contributed by atoms with Crippen LogP contribution in [0, 0.1) is 6.92 Å². The van der Waals surface area contributed by atoms with Crippen LogP contribution in [0.4, 0.5) is 0 Å². The third kappa shape index (κ3) is 4.91. The van der Waals surface area contributed by atoms with Crippen LogP contribution in [0.15, 0.2) is 90.0 Å². The fourth-order valence-electron chi connectivity index (χ4n) is 3.39. The third-order valence-electron chi connectivity index (χ3n) is 5.13. The van der Waals surface area contributed by atoms with E-state index in [4.69, 9.17) is 9.47 Å². The van der Waals surface area contributed by atoms with Crippen LogP contribution >= 0.6 is 0 Å². The highest BCUT2D eigenvalue weighted by Gasteiger charge is 2.14. The first-order chi connectivity index (χ1) is 16.1. The molecule has 0 aliphatic rings. The number of amides is 1. The summed E-state index contributed by atoms with van der Waals surface area (Å²) in [7, 11) is 1.50. The van der Waals surface area contributed by atoms with E-state index in [1.165, 1.54) is 13.3 Å². The van der Waals surface area contributed by atoms with Crippen LogP contribution in [0.1, 0.15) is 31.8 Å². The molecule has 0 saturated carbocycles. The number of hydrazone groups is 1. The molecule has 0 aromatic heterocycles. The molecule has 33 heavy (non-hydrogen) atoms. The van der Waals surface area contributed by atoms with Crippen molar-refractivity contribution in [2.75, 3.05) is 7.11 Å². The summed E-state index contributed by atoms with van der Waals surface area (Å²) in [4.78, 5) is 25.3. The zero-order valence-corrected chi connectivity index (χ0v) is 18.2. The zero-order valence-electron chi connectivity index (χ0n) is 18.2. The highest BCUT2D eigenvalue weighted by Crippen LogP contribution is 2.27. The Morgan fingerprint density at radius 1 is 0.848 bits per heavy atom. The molecule has 0 fully saturated rings. The van der Waals surface area contributed by atoms with Gasteiger partial charge in [-0.25, -0.2) is 10.2 Å². The summed E-state index contributed by atoms with van der Waals surface area (Å²) in [6.45, 7) is 1.95. The Morgan fingerprint density at radius 3 is 2.36 bits per heavy atom. The molecule has 6 nitrogen and oxygen atoms in total. The summed E-state index contributed by atoms with van der Waals surface area (Å²) in [5.41, 5.74) is 4.95. The molecule has 0 heterocycles. The summed E-state index contributed by atoms with van der Waals surface area (Å²) in [5, 5.41) is 5.91. The smallest absolute Gasteiger partial charge is 0.343 e. The van der Waals surface area contributed by atoms with E-state index in [1.54, 1.807) is 42.5 Å². The number of para-hydroxylation sites is 1. The molecule has 4 rings (SSSR count). The average Bonchev–Trinajstić information content (AvgIpc) is 2.85. The SMILES string of the molecule is COc1ccccc1C(=O)NN=Cc1c(OC(=O)c2ccc(C)cc2)ccc2ccccc12. The van der Waals surface area contributed by atoms with Gasteiger partial charge in [-0.3, -0.25) is 4.79 Å². The van der Waals surface area contributed by atoms with Gasteiger partial charge in [-0.05, 0) is 48.0 Å². The molecule has 0 spiro atoms. The second-order valence-corrected chi connectivity index (χ2v) is 7.35. The minimum atomic E-state index is -0.474. The molecular weight excluding hydrogens is 416 g/mol. The van der Waals surface area contributed by atoms with Crippen LogP contribution in [0.5, 0.6) is 11.5 Å². The number of carbonyl (C=O) groups is 2. The normalized spacial score (nSPS) is 10.8. The molecule has 0 bridgehead atoms. The largest absolute Gasteiger partial charge is 0.496 e. The van der Waals surface area contributed by atoms with Crippen LogP contribution < -0.4 is 14.9 Å². The summed E-state index contributed by atoms with van der Waals surface area (Å²) >= 11 is 0. The van der Waals surface area contributed by atoms with E-state index in [9.17, 15) is 9.59 Å². The van der Waals surface area contributed by atoms with Gasteiger partial charge >= 0.3 is 5.97 Å². The Hall–Kier alpha value is -4.45. The monoisotopic (exact) mass is 438 g/mol. The van der Waals surface area contributed by atoms with E-state index in [0.717, 1.165) is 16.3 Å². The van der Waals surface area contributed by atoms with Crippen LogP contribution in [0.25, 0.3) is 10.8 Å². The fraction of sp³-hybridized carbons (Fsp3) is 0.0741. The first-order valence-electron chi connectivity index (χ1n) is 10.3. The van der Waals surface area contributed by atoms with Crippen LogP contribution in [0.2, 0.25) is 0 Å². The van der Waals surface area contributed by atoms with Crippen LogP contribution in [-0.2, 0) is 0 Å². The number of hydrogen-bond donors (Lipinski definition) is 1. The minimum Gasteiger partial charge on any atom is -0.496 e. The van der Waals surface area contributed by atoms with Gasteiger partial charge in [0.05, 0.1) is 24.5 Å². The Labute approximate surface area is 191 Å². The standard InChI is InChI=1S/C27H22N2O4/c1-18-11-13-20(14-12-18)27(31)33-25-16-15-19-7-3-4-8-21(19)23(25)17-28-29-26(30)22-9-5-6-10-24(22)32-2/h3-17H,1-2H3,(H,29,30). The maximum Gasteiger partial charge on any atom is 0.343 e. The van der Waals surface area contributed by atoms with E-state index in [1.807, 2.05) is 49.4 Å². The molecule has 1 amide bonds. The number of hydrogen-bond acceptors (Lipinski definition) is 5. The summed E-state index contributed by atoms with van der Waals surface area (Å²) in [5.74, 6) is -0.0993. The van der Waals surface area contributed by atoms with Crippen molar-refractivity contribution in [3.63, 3.8) is 0 Å². The van der Waals surface area contributed by atoms with Gasteiger partial charge in [-0.2, -0.15) is 5.10 Å². The Kier molecular flexibility index (Phi) is 6.45. The van der Waals surface area contributed by atoms with Gasteiger partial charge in [0, 0.05) is 5.56 Å². The highest BCUT2D eigenvalue weighted by atomic mass is 16.5. The lowest BCUT2D eigenvalue weighted by Crippen LogP contribution is -2.18. The average molecular weight is 438 g/mol. The number of rotatable bonds is 6. The zero-order chi connectivity index (χ0) is 23.2. The van der Waals surface area contributed by atoms with Crippen LogP contribution in [0.3, 0.4) is 0 Å². The first kappa shape index (κ1) is 21.8. The van der Waals surface area contributed by atoms with Crippen molar-refractivity contribution >= 4 is 28.9 Å². The van der Waals surface area contributed by atoms with Crippen molar-refractivity contribution in [1.82, 2.24) is 5.43 Å². The lowest BCUT2D eigenvalue weighted by Gasteiger charge is -2.11. The number of methoxy groups -OCH3 is 1. The summed E-state index contributed by atoms with van der Waals surface area (Å²) < 4.78 is 10.9. The number of ether oxygens (including phenoxy) is 2.